The van der Waals surface area contributed by atoms with Crippen LogP contribution in [0.15, 0.2) is 0 Å². The molecule has 0 aromatic heterocycles. The zero-order valence-electron chi connectivity index (χ0n) is 10.5. The Labute approximate surface area is 182 Å². The van der Waals surface area contributed by atoms with Crippen molar-refractivity contribution in [1.29, 1.82) is 0 Å². The van der Waals surface area contributed by atoms with Crippen molar-refractivity contribution < 1.29 is 0 Å². The summed E-state index contributed by atoms with van der Waals surface area (Å²) in [7, 11) is 0. The van der Waals surface area contributed by atoms with Crippen molar-refractivity contribution in [2.24, 2.45) is 0 Å². The van der Waals surface area contributed by atoms with Crippen LogP contribution in [0.25, 0.3) is 0 Å². The lowest BCUT2D eigenvalue weighted by atomic mass is 10.0. The second-order valence-electron chi connectivity index (χ2n) is 4.27. The molecule has 0 amide bonds. The molecule has 23 heavy (non-hydrogen) atoms. The molecule has 0 unspecified atom stereocenters. The van der Waals surface area contributed by atoms with Crippen LogP contribution < -0.4 is 0 Å². The lowest BCUT2D eigenvalue weighted by Crippen LogP contribution is -1.97. The predicted octanol–water partition coefficient (Wildman–Crippen LogP) is 9.81. The van der Waals surface area contributed by atoms with E-state index in [-0.39, 0.29) is 56.6 Å². The molecule has 0 radical (unpaired) electrons. The van der Waals surface area contributed by atoms with Gasteiger partial charge in [-0.3, -0.25) is 0 Å². The van der Waals surface area contributed by atoms with Crippen LogP contribution >= 0.6 is 116 Å². The highest BCUT2D eigenvalue weighted by atomic mass is 35.5. The average molecular weight is 513 g/mol. The first-order chi connectivity index (χ1) is 10.6. The summed E-state index contributed by atoms with van der Waals surface area (Å²) >= 11 is 60.9. The topological polar surface area (TPSA) is 0 Å². The molecule has 0 aliphatic heterocycles. The molecular weight excluding hydrogens is 511 g/mol. The summed E-state index contributed by atoms with van der Waals surface area (Å²) in [5.74, 6) is 0. The third kappa shape index (κ3) is 3.74. The fraction of sp³-hybridized carbons (Fsp3) is 0.0769. The number of rotatable bonds is 2. The van der Waals surface area contributed by atoms with Gasteiger partial charge >= 0.3 is 0 Å². The lowest BCUT2D eigenvalue weighted by Gasteiger charge is -2.16. The van der Waals surface area contributed by atoms with E-state index in [0.29, 0.717) is 11.1 Å². The van der Waals surface area contributed by atoms with Crippen LogP contribution in [0.2, 0.25) is 50.2 Å². The first-order valence-electron chi connectivity index (χ1n) is 5.60. The van der Waals surface area contributed by atoms with Gasteiger partial charge in [-0.25, -0.2) is 0 Å². The van der Waals surface area contributed by atoms with Gasteiger partial charge in [-0.15, -0.1) is 0 Å². The molecule has 0 atom stereocenters. The molecule has 124 valence electrons. The maximum absolute atomic E-state index is 6.20. The fourth-order valence-electron chi connectivity index (χ4n) is 1.79. The highest BCUT2D eigenvalue weighted by Crippen LogP contribution is 2.48. The Kier molecular flexibility index (Phi) is 7.11. The standard InChI is InChI=1S/C13H2Cl10/c14-4-2(5(15)9(19)12(22)8(4)18)1-3-6(16)10(20)13(23)11(21)7(3)17/h1H2. The largest absolute Gasteiger partial charge is 0.0823 e. The van der Waals surface area contributed by atoms with Crippen molar-refractivity contribution in [3.8, 4) is 0 Å². The minimum absolute atomic E-state index is 0.0523. The van der Waals surface area contributed by atoms with E-state index < -0.39 is 0 Å². The molecule has 0 heterocycles. The molecule has 0 saturated heterocycles. The first kappa shape index (κ1) is 20.6. The summed E-state index contributed by atoms with van der Waals surface area (Å²) in [5, 5.41) is 0.869. The Morgan fingerprint density at radius 1 is 0.304 bits per heavy atom. The Hall–Kier alpha value is 1.34. The molecular formula is C13H2Cl10. The minimum atomic E-state index is 0.0523. The normalized spacial score (nSPS) is 11.2. The molecule has 0 spiro atoms. The Morgan fingerprint density at radius 2 is 0.478 bits per heavy atom. The van der Waals surface area contributed by atoms with Gasteiger partial charge in [0.05, 0.1) is 50.2 Å². The average Bonchev–Trinajstić information content (AvgIpc) is 2.54. The van der Waals surface area contributed by atoms with E-state index in [2.05, 4.69) is 0 Å². The monoisotopic (exact) mass is 508 g/mol. The third-order valence-electron chi connectivity index (χ3n) is 2.95. The maximum atomic E-state index is 6.20. The molecule has 0 aliphatic carbocycles. The van der Waals surface area contributed by atoms with Crippen LogP contribution in [0.4, 0.5) is 0 Å². The van der Waals surface area contributed by atoms with Crippen molar-refractivity contribution in [3.63, 3.8) is 0 Å². The number of hydrogen-bond donors (Lipinski definition) is 0. The lowest BCUT2D eigenvalue weighted by molar-refractivity contribution is 1.19. The SMILES string of the molecule is Clc1c(Cl)c(Cl)c(Cc2c(Cl)c(Cl)c(Cl)c(Cl)c2Cl)c(Cl)c1Cl. The predicted molar refractivity (Wildman–Crippen MR) is 106 cm³/mol. The Balaban J connectivity index is 2.71. The molecule has 0 saturated carbocycles. The smallest absolute Gasteiger partial charge is 0.0809 e. The zero-order valence-corrected chi connectivity index (χ0v) is 18.0. The summed E-state index contributed by atoms with van der Waals surface area (Å²) in [6, 6.07) is 0. The van der Waals surface area contributed by atoms with Crippen molar-refractivity contribution in [2.45, 2.75) is 6.42 Å². The highest BCUT2D eigenvalue weighted by molar-refractivity contribution is 6.56. The molecule has 2 aromatic carbocycles. The van der Waals surface area contributed by atoms with E-state index in [0.717, 1.165) is 0 Å². The van der Waals surface area contributed by atoms with E-state index in [9.17, 15) is 0 Å². The molecule has 2 aromatic rings. The number of halogens is 10. The molecule has 0 fully saturated rings. The van der Waals surface area contributed by atoms with Crippen LogP contribution in [-0.4, -0.2) is 0 Å². The fourth-order valence-corrected chi connectivity index (χ4v) is 4.41. The first-order valence-corrected chi connectivity index (χ1v) is 9.38. The van der Waals surface area contributed by atoms with Gasteiger partial charge in [0.25, 0.3) is 0 Å². The van der Waals surface area contributed by atoms with Gasteiger partial charge in [-0.05, 0) is 11.1 Å². The van der Waals surface area contributed by atoms with E-state index in [4.69, 9.17) is 116 Å². The van der Waals surface area contributed by atoms with Gasteiger partial charge in [0, 0.05) is 6.42 Å². The van der Waals surface area contributed by atoms with Crippen LogP contribution in [0.3, 0.4) is 0 Å². The van der Waals surface area contributed by atoms with Gasteiger partial charge < -0.3 is 0 Å². The second-order valence-corrected chi connectivity index (χ2v) is 8.05. The van der Waals surface area contributed by atoms with Crippen molar-refractivity contribution in [3.05, 3.63) is 61.4 Å². The minimum Gasteiger partial charge on any atom is -0.0823 e. The van der Waals surface area contributed by atoms with Crippen LogP contribution in [0.1, 0.15) is 11.1 Å². The number of benzene rings is 2. The maximum Gasteiger partial charge on any atom is 0.0809 e. The number of hydrogen-bond acceptors (Lipinski definition) is 0. The highest BCUT2D eigenvalue weighted by Gasteiger charge is 2.24. The molecule has 0 N–H and O–H groups in total. The Bertz CT molecular complexity index is 686. The summed E-state index contributed by atoms with van der Waals surface area (Å²) in [4.78, 5) is 0. The van der Waals surface area contributed by atoms with Crippen LogP contribution in [0, 0.1) is 0 Å². The molecule has 0 nitrogen and oxygen atoms in total. The molecule has 0 bridgehead atoms. The summed E-state index contributed by atoms with van der Waals surface area (Å²) in [5.41, 5.74) is 0.761. The van der Waals surface area contributed by atoms with E-state index >= 15 is 0 Å². The molecule has 2 rings (SSSR count). The van der Waals surface area contributed by atoms with Crippen molar-refractivity contribution in [2.75, 3.05) is 0 Å². The van der Waals surface area contributed by atoms with Crippen molar-refractivity contribution in [1.82, 2.24) is 0 Å². The van der Waals surface area contributed by atoms with E-state index in [1.165, 1.54) is 0 Å². The van der Waals surface area contributed by atoms with Crippen LogP contribution in [-0.2, 0) is 6.42 Å². The summed E-state index contributed by atoms with van der Waals surface area (Å²) in [6.07, 6.45) is 0.0720. The van der Waals surface area contributed by atoms with E-state index in [1.807, 2.05) is 0 Å². The van der Waals surface area contributed by atoms with Gasteiger partial charge in [0.2, 0.25) is 0 Å². The molecule has 10 heteroatoms. The van der Waals surface area contributed by atoms with Gasteiger partial charge in [0.1, 0.15) is 0 Å². The van der Waals surface area contributed by atoms with E-state index in [1.54, 1.807) is 0 Å². The summed E-state index contributed by atoms with van der Waals surface area (Å²) < 4.78 is 0. The third-order valence-corrected chi connectivity index (χ3v) is 7.67. The van der Waals surface area contributed by atoms with Gasteiger partial charge in [0.15, 0.2) is 0 Å². The van der Waals surface area contributed by atoms with Crippen molar-refractivity contribution >= 4 is 116 Å². The zero-order chi connectivity index (χ0) is 17.6. The van der Waals surface area contributed by atoms with Crippen LogP contribution in [0.5, 0.6) is 0 Å². The quantitative estimate of drug-likeness (QED) is 0.277. The van der Waals surface area contributed by atoms with Gasteiger partial charge in [-0.2, -0.15) is 0 Å². The summed E-state index contributed by atoms with van der Waals surface area (Å²) in [6.45, 7) is 0. The van der Waals surface area contributed by atoms with Gasteiger partial charge in [-0.1, -0.05) is 116 Å². The second kappa shape index (κ2) is 7.92. The Morgan fingerprint density at radius 3 is 0.696 bits per heavy atom. The molecule has 0 aliphatic rings.